The number of carbonyl (C=O) groups is 3. The SMILES string of the molecule is COc1cc(/C=C2/SC(=O)N(CC(=O)Nc3ccc(Br)c(Cl)c3)C2=O)cc(Br)c1O. The van der Waals surface area contributed by atoms with Crippen LogP contribution < -0.4 is 10.1 Å². The summed E-state index contributed by atoms with van der Waals surface area (Å²) in [4.78, 5) is 38.2. The first-order chi connectivity index (χ1) is 14.2. The molecule has 2 aromatic carbocycles. The van der Waals surface area contributed by atoms with Crippen molar-refractivity contribution in [3.05, 3.63) is 54.8 Å². The molecular formula is C19H13Br2ClN2O5S. The zero-order chi connectivity index (χ0) is 22.0. The van der Waals surface area contributed by atoms with Gasteiger partial charge in [0.1, 0.15) is 6.54 Å². The van der Waals surface area contributed by atoms with Crippen LogP contribution >= 0.6 is 55.2 Å². The second kappa shape index (κ2) is 9.42. The summed E-state index contributed by atoms with van der Waals surface area (Å²) in [7, 11) is 1.40. The first-order valence-corrected chi connectivity index (χ1v) is 11.0. The molecule has 0 bridgehead atoms. The van der Waals surface area contributed by atoms with Gasteiger partial charge in [-0.25, -0.2) is 0 Å². The Kier molecular flexibility index (Phi) is 7.12. The Morgan fingerprint density at radius 3 is 2.67 bits per heavy atom. The topological polar surface area (TPSA) is 95.9 Å². The van der Waals surface area contributed by atoms with E-state index in [9.17, 15) is 19.5 Å². The Balaban J connectivity index is 1.74. The predicted octanol–water partition coefficient (Wildman–Crippen LogP) is 5.25. The molecular weight excluding hydrogens is 564 g/mol. The molecule has 0 atom stereocenters. The standard InChI is InChI=1S/C19H13Br2ClN2O5S/c1-29-14-5-9(4-12(21)17(14)26)6-15-18(27)24(19(28)30-15)8-16(25)23-10-2-3-11(20)13(22)7-10/h2-7,26H,8H2,1H3,(H,23,25)/b15-6+. The Bertz CT molecular complexity index is 1090. The average molecular weight is 577 g/mol. The molecule has 1 aliphatic heterocycles. The maximum atomic E-state index is 12.6. The van der Waals surface area contributed by atoms with Crippen molar-refractivity contribution in [2.45, 2.75) is 0 Å². The zero-order valence-corrected chi connectivity index (χ0v) is 20.0. The minimum absolute atomic E-state index is 0.0764. The average Bonchev–Trinajstić information content (AvgIpc) is 2.94. The Labute approximate surface area is 197 Å². The van der Waals surface area contributed by atoms with Gasteiger partial charge in [0.15, 0.2) is 11.5 Å². The second-order valence-corrected chi connectivity index (χ2v) is 9.11. The smallest absolute Gasteiger partial charge is 0.294 e. The van der Waals surface area contributed by atoms with E-state index >= 15 is 0 Å². The lowest BCUT2D eigenvalue weighted by molar-refractivity contribution is -0.127. The molecule has 7 nitrogen and oxygen atoms in total. The van der Waals surface area contributed by atoms with E-state index in [-0.39, 0.29) is 16.4 Å². The van der Waals surface area contributed by atoms with Gasteiger partial charge in [0.25, 0.3) is 11.1 Å². The summed E-state index contributed by atoms with van der Waals surface area (Å²) in [6, 6.07) is 7.96. The van der Waals surface area contributed by atoms with Crippen LogP contribution in [-0.4, -0.2) is 40.7 Å². The molecule has 0 spiro atoms. The number of ether oxygens (including phenoxy) is 1. The number of carbonyl (C=O) groups excluding carboxylic acids is 3. The van der Waals surface area contributed by atoms with Crippen LogP contribution in [0.25, 0.3) is 6.08 Å². The second-order valence-electron chi connectivity index (χ2n) is 6.00. The van der Waals surface area contributed by atoms with Crippen molar-refractivity contribution in [1.29, 1.82) is 0 Å². The highest BCUT2D eigenvalue weighted by Crippen LogP contribution is 2.38. The molecule has 2 N–H and O–H groups in total. The number of aromatic hydroxyl groups is 1. The van der Waals surface area contributed by atoms with Gasteiger partial charge < -0.3 is 15.2 Å². The Hall–Kier alpha value is -2.01. The Morgan fingerprint density at radius 1 is 1.27 bits per heavy atom. The lowest BCUT2D eigenvalue weighted by Gasteiger charge is -2.12. The molecule has 1 fully saturated rings. The van der Waals surface area contributed by atoms with Crippen LogP contribution in [0.2, 0.25) is 5.02 Å². The van der Waals surface area contributed by atoms with Crippen molar-refractivity contribution in [3.63, 3.8) is 0 Å². The summed E-state index contributed by atoms with van der Waals surface area (Å²) in [5.74, 6) is -0.988. The van der Waals surface area contributed by atoms with Gasteiger partial charge in [0.05, 0.1) is 21.5 Å². The third kappa shape index (κ3) is 5.00. The number of hydrogen-bond donors (Lipinski definition) is 2. The molecule has 3 rings (SSSR count). The number of anilines is 1. The van der Waals surface area contributed by atoms with Crippen molar-refractivity contribution in [3.8, 4) is 11.5 Å². The van der Waals surface area contributed by atoms with Crippen LogP contribution in [-0.2, 0) is 9.59 Å². The van der Waals surface area contributed by atoms with Gasteiger partial charge in [0, 0.05) is 10.2 Å². The highest BCUT2D eigenvalue weighted by atomic mass is 79.9. The van der Waals surface area contributed by atoms with Crippen LogP contribution in [0.5, 0.6) is 11.5 Å². The lowest BCUT2D eigenvalue weighted by atomic mass is 10.2. The number of phenols is 1. The fourth-order valence-corrected chi connectivity index (χ4v) is 4.26. The van der Waals surface area contributed by atoms with E-state index < -0.39 is 23.6 Å². The number of benzene rings is 2. The Morgan fingerprint density at radius 2 is 2.00 bits per heavy atom. The molecule has 11 heteroatoms. The minimum Gasteiger partial charge on any atom is -0.503 e. The molecule has 0 saturated carbocycles. The minimum atomic E-state index is -0.586. The van der Waals surface area contributed by atoms with Crippen molar-refractivity contribution in [2.24, 2.45) is 0 Å². The summed E-state index contributed by atoms with van der Waals surface area (Å²) >= 11 is 13.2. The van der Waals surface area contributed by atoms with E-state index in [1.54, 1.807) is 24.3 Å². The van der Waals surface area contributed by atoms with Crippen molar-refractivity contribution >= 4 is 84.0 Å². The van der Waals surface area contributed by atoms with Gasteiger partial charge >= 0.3 is 0 Å². The van der Waals surface area contributed by atoms with E-state index in [4.69, 9.17) is 16.3 Å². The van der Waals surface area contributed by atoms with Gasteiger partial charge in [-0.3, -0.25) is 19.3 Å². The van der Waals surface area contributed by atoms with Crippen LogP contribution in [0.15, 0.2) is 44.2 Å². The van der Waals surface area contributed by atoms with Gasteiger partial charge in [-0.1, -0.05) is 11.6 Å². The fourth-order valence-electron chi connectivity index (χ4n) is 2.54. The summed E-state index contributed by atoms with van der Waals surface area (Å²) in [6.07, 6.45) is 1.49. The first-order valence-electron chi connectivity index (χ1n) is 8.26. The number of phenolic OH excluding ortho intramolecular Hbond substituents is 1. The predicted molar refractivity (Wildman–Crippen MR) is 123 cm³/mol. The largest absolute Gasteiger partial charge is 0.503 e. The van der Waals surface area contributed by atoms with E-state index in [0.717, 1.165) is 16.7 Å². The molecule has 2 aromatic rings. The van der Waals surface area contributed by atoms with Gasteiger partial charge in [-0.15, -0.1) is 0 Å². The molecule has 0 aromatic heterocycles. The van der Waals surface area contributed by atoms with Crippen molar-refractivity contribution in [1.82, 2.24) is 4.90 Å². The molecule has 1 saturated heterocycles. The maximum absolute atomic E-state index is 12.6. The van der Waals surface area contributed by atoms with E-state index in [2.05, 4.69) is 37.2 Å². The van der Waals surface area contributed by atoms with Crippen LogP contribution in [0, 0.1) is 0 Å². The number of nitrogens with one attached hydrogen (secondary N) is 1. The molecule has 0 aliphatic carbocycles. The normalized spacial score (nSPS) is 15.1. The van der Waals surface area contributed by atoms with Crippen LogP contribution in [0.1, 0.15) is 5.56 Å². The zero-order valence-electron chi connectivity index (χ0n) is 15.2. The molecule has 0 unspecified atom stereocenters. The summed E-state index contributed by atoms with van der Waals surface area (Å²) in [5, 5.41) is 12.3. The van der Waals surface area contributed by atoms with E-state index in [0.29, 0.717) is 25.2 Å². The third-order valence-corrected chi connectivity index (χ3v) is 6.69. The highest BCUT2D eigenvalue weighted by molar-refractivity contribution is 9.10. The maximum Gasteiger partial charge on any atom is 0.294 e. The number of imide groups is 1. The number of thioether (sulfide) groups is 1. The van der Waals surface area contributed by atoms with Crippen molar-refractivity contribution < 1.29 is 24.2 Å². The molecule has 1 aliphatic rings. The van der Waals surface area contributed by atoms with Gasteiger partial charge in [0.2, 0.25) is 5.91 Å². The molecule has 156 valence electrons. The van der Waals surface area contributed by atoms with Crippen LogP contribution in [0.3, 0.4) is 0 Å². The number of methoxy groups -OCH3 is 1. The summed E-state index contributed by atoms with van der Waals surface area (Å²) in [6.45, 7) is -0.432. The third-order valence-electron chi connectivity index (χ3n) is 3.95. The summed E-state index contributed by atoms with van der Waals surface area (Å²) < 4.78 is 6.13. The first kappa shape index (κ1) is 22.7. The van der Waals surface area contributed by atoms with Crippen LogP contribution in [0.4, 0.5) is 10.5 Å². The van der Waals surface area contributed by atoms with E-state index in [1.807, 2.05) is 0 Å². The highest BCUT2D eigenvalue weighted by Gasteiger charge is 2.36. The quantitative estimate of drug-likeness (QED) is 0.472. The van der Waals surface area contributed by atoms with E-state index in [1.165, 1.54) is 19.3 Å². The number of rotatable bonds is 5. The lowest BCUT2D eigenvalue weighted by Crippen LogP contribution is -2.36. The summed E-state index contributed by atoms with van der Waals surface area (Å²) in [5.41, 5.74) is 0.979. The molecule has 30 heavy (non-hydrogen) atoms. The molecule has 3 amide bonds. The monoisotopic (exact) mass is 574 g/mol. The number of hydrogen-bond acceptors (Lipinski definition) is 6. The molecule has 0 radical (unpaired) electrons. The number of nitrogens with zero attached hydrogens (tertiary/aromatic N) is 1. The van der Waals surface area contributed by atoms with Crippen molar-refractivity contribution in [2.75, 3.05) is 19.0 Å². The van der Waals surface area contributed by atoms with Gasteiger partial charge in [-0.2, -0.15) is 0 Å². The number of halogens is 3. The number of amides is 3. The molecule has 1 heterocycles. The van der Waals surface area contributed by atoms with Gasteiger partial charge in [-0.05, 0) is 85.6 Å². The fraction of sp³-hybridized carbons (Fsp3) is 0.105.